The predicted molar refractivity (Wildman–Crippen MR) is 141 cm³/mol. The van der Waals surface area contributed by atoms with Crippen LogP contribution in [0.3, 0.4) is 0 Å². The van der Waals surface area contributed by atoms with Gasteiger partial charge in [-0.2, -0.15) is 0 Å². The lowest BCUT2D eigenvalue weighted by Gasteiger charge is -2.18. The molecule has 0 heterocycles. The van der Waals surface area contributed by atoms with Crippen molar-refractivity contribution in [1.82, 2.24) is 0 Å². The van der Waals surface area contributed by atoms with Crippen LogP contribution in [0.1, 0.15) is 175 Å². The Morgan fingerprint density at radius 2 is 0.806 bits per heavy atom. The van der Waals surface area contributed by atoms with Gasteiger partial charge in [-0.25, -0.2) is 0 Å². The summed E-state index contributed by atoms with van der Waals surface area (Å²) in [6.07, 6.45) is 31.9. The molecule has 0 aromatic rings. The van der Waals surface area contributed by atoms with Gasteiger partial charge < -0.3 is 4.79 Å². The molecular formula is C30H60O. The predicted octanol–water partition coefficient (Wildman–Crippen LogP) is 10.8. The minimum Gasteiger partial charge on any atom is -0.300 e. The minimum absolute atomic E-state index is 0.350. The number of carbonyl (C=O) groups is 1. The van der Waals surface area contributed by atoms with Crippen molar-refractivity contribution in [2.45, 2.75) is 175 Å². The quantitative estimate of drug-likeness (QED) is 0.130. The van der Waals surface area contributed by atoms with E-state index >= 15 is 0 Å². The third kappa shape index (κ3) is 24.1. The molecule has 1 nitrogen and oxygen atoms in total. The number of rotatable bonds is 25. The molecule has 0 amide bonds. The zero-order valence-electron chi connectivity index (χ0n) is 22.3. The fourth-order valence-electron chi connectivity index (χ4n) is 4.97. The molecule has 0 bridgehead atoms. The average Bonchev–Trinajstić information content (AvgIpc) is 2.74. The second kappa shape index (κ2) is 24.3. The summed E-state index contributed by atoms with van der Waals surface area (Å²) in [5.41, 5.74) is 0. The summed E-state index contributed by atoms with van der Waals surface area (Å²) >= 11 is 0. The van der Waals surface area contributed by atoms with E-state index < -0.39 is 0 Å². The van der Waals surface area contributed by atoms with Crippen molar-refractivity contribution in [3.05, 3.63) is 0 Å². The smallest absolute Gasteiger partial charge is 0.129 e. The third-order valence-electron chi connectivity index (χ3n) is 7.32. The third-order valence-corrected chi connectivity index (χ3v) is 7.32. The van der Waals surface area contributed by atoms with Gasteiger partial charge in [0.15, 0.2) is 0 Å². The van der Waals surface area contributed by atoms with Gasteiger partial charge in [0.25, 0.3) is 0 Å². The molecule has 0 aromatic heterocycles. The molecule has 0 aliphatic carbocycles. The van der Waals surface area contributed by atoms with Crippen LogP contribution >= 0.6 is 0 Å². The molecule has 0 saturated carbocycles. The summed E-state index contributed by atoms with van der Waals surface area (Å²) in [6.45, 7) is 8.84. The normalized spacial score (nSPS) is 12.5. The Morgan fingerprint density at radius 3 is 1.06 bits per heavy atom. The maximum atomic E-state index is 10.9. The molecule has 0 aliphatic rings. The van der Waals surface area contributed by atoms with Crippen LogP contribution in [0.2, 0.25) is 0 Å². The van der Waals surface area contributed by atoms with E-state index in [-0.39, 0.29) is 0 Å². The molecule has 186 valence electrons. The Bertz CT molecular complexity index is 359. The van der Waals surface area contributed by atoms with Crippen LogP contribution in [0.25, 0.3) is 0 Å². The highest BCUT2D eigenvalue weighted by molar-refractivity contribution is 5.75. The molecule has 0 aromatic carbocycles. The maximum Gasteiger partial charge on any atom is 0.129 e. The number of ketones is 1. The number of unbranched alkanes of at least 4 members (excludes halogenated alkanes) is 19. The topological polar surface area (TPSA) is 17.1 Å². The van der Waals surface area contributed by atoms with Gasteiger partial charge in [0.2, 0.25) is 0 Å². The average molecular weight is 437 g/mol. The summed E-state index contributed by atoms with van der Waals surface area (Å²) in [7, 11) is 0. The monoisotopic (exact) mass is 436 g/mol. The van der Waals surface area contributed by atoms with Gasteiger partial charge in [-0.15, -0.1) is 0 Å². The van der Waals surface area contributed by atoms with E-state index in [1.54, 1.807) is 6.92 Å². The van der Waals surface area contributed by atoms with Gasteiger partial charge in [0.05, 0.1) is 0 Å². The SMILES string of the molecule is CCC(CCCCCCCCCCCCCCCCCCCCCCC(C)=O)C(C)C. The van der Waals surface area contributed by atoms with E-state index in [1.165, 1.54) is 135 Å². The van der Waals surface area contributed by atoms with E-state index in [4.69, 9.17) is 0 Å². The van der Waals surface area contributed by atoms with E-state index in [9.17, 15) is 4.79 Å². The van der Waals surface area contributed by atoms with Crippen LogP contribution < -0.4 is 0 Å². The Morgan fingerprint density at radius 1 is 0.516 bits per heavy atom. The van der Waals surface area contributed by atoms with Gasteiger partial charge in [0, 0.05) is 6.42 Å². The van der Waals surface area contributed by atoms with Crippen LogP contribution in [0.15, 0.2) is 0 Å². The Kier molecular flexibility index (Phi) is 24.1. The van der Waals surface area contributed by atoms with Crippen LogP contribution in [0.5, 0.6) is 0 Å². The van der Waals surface area contributed by atoms with Crippen molar-refractivity contribution in [3.8, 4) is 0 Å². The zero-order valence-corrected chi connectivity index (χ0v) is 22.3. The number of carbonyl (C=O) groups excluding carboxylic acids is 1. The lowest BCUT2D eigenvalue weighted by molar-refractivity contribution is -0.117. The first-order valence-corrected chi connectivity index (χ1v) is 14.6. The van der Waals surface area contributed by atoms with Crippen LogP contribution in [-0.2, 0) is 4.79 Å². The van der Waals surface area contributed by atoms with Crippen molar-refractivity contribution in [1.29, 1.82) is 0 Å². The Hall–Kier alpha value is -0.330. The zero-order chi connectivity index (χ0) is 23.0. The summed E-state index contributed by atoms with van der Waals surface area (Å²) < 4.78 is 0. The largest absolute Gasteiger partial charge is 0.300 e. The molecule has 1 heteroatoms. The van der Waals surface area contributed by atoms with Gasteiger partial charge in [0.1, 0.15) is 5.78 Å². The first-order valence-electron chi connectivity index (χ1n) is 14.6. The van der Waals surface area contributed by atoms with Crippen LogP contribution in [0, 0.1) is 11.8 Å². The van der Waals surface area contributed by atoms with Gasteiger partial charge in [-0.1, -0.05) is 156 Å². The second-order valence-corrected chi connectivity index (χ2v) is 10.7. The molecular weight excluding hydrogens is 376 g/mol. The molecule has 31 heavy (non-hydrogen) atoms. The maximum absolute atomic E-state index is 10.9. The first-order chi connectivity index (χ1) is 15.1. The first kappa shape index (κ1) is 30.7. The highest BCUT2D eigenvalue weighted by atomic mass is 16.1. The number of hydrogen-bond acceptors (Lipinski definition) is 1. The van der Waals surface area contributed by atoms with Gasteiger partial charge >= 0.3 is 0 Å². The van der Waals surface area contributed by atoms with E-state index in [2.05, 4.69) is 20.8 Å². The highest BCUT2D eigenvalue weighted by Crippen LogP contribution is 2.22. The van der Waals surface area contributed by atoms with Crippen molar-refractivity contribution < 1.29 is 4.79 Å². The van der Waals surface area contributed by atoms with E-state index in [1.807, 2.05) is 0 Å². The van der Waals surface area contributed by atoms with Gasteiger partial charge in [-0.05, 0) is 25.2 Å². The molecule has 0 fully saturated rings. The van der Waals surface area contributed by atoms with Crippen molar-refractivity contribution in [3.63, 3.8) is 0 Å². The van der Waals surface area contributed by atoms with Gasteiger partial charge in [-0.3, -0.25) is 0 Å². The number of hydrogen-bond donors (Lipinski definition) is 0. The summed E-state index contributed by atoms with van der Waals surface area (Å²) in [6, 6.07) is 0. The molecule has 0 aliphatic heterocycles. The van der Waals surface area contributed by atoms with Crippen molar-refractivity contribution in [2.75, 3.05) is 0 Å². The molecule has 0 N–H and O–H groups in total. The second-order valence-electron chi connectivity index (χ2n) is 10.7. The van der Waals surface area contributed by atoms with E-state index in [0.717, 1.165) is 24.7 Å². The lowest BCUT2D eigenvalue weighted by Crippen LogP contribution is -2.06. The minimum atomic E-state index is 0.350. The molecule has 1 unspecified atom stereocenters. The highest BCUT2D eigenvalue weighted by Gasteiger charge is 2.09. The van der Waals surface area contributed by atoms with Crippen molar-refractivity contribution in [2.24, 2.45) is 11.8 Å². The van der Waals surface area contributed by atoms with Crippen LogP contribution in [-0.4, -0.2) is 5.78 Å². The Balaban J connectivity index is 3.10. The molecule has 0 saturated heterocycles. The number of Topliss-reactive ketones (excluding diaryl/α,β-unsaturated/α-hetero) is 1. The van der Waals surface area contributed by atoms with Crippen LogP contribution in [0.4, 0.5) is 0 Å². The molecule has 1 atom stereocenters. The van der Waals surface area contributed by atoms with Crippen molar-refractivity contribution >= 4 is 5.78 Å². The summed E-state index contributed by atoms with van der Waals surface area (Å²) in [4.78, 5) is 10.9. The molecule has 0 rings (SSSR count). The fourth-order valence-corrected chi connectivity index (χ4v) is 4.97. The Labute approximate surface area is 197 Å². The lowest BCUT2D eigenvalue weighted by atomic mass is 9.88. The standard InChI is InChI=1S/C30H60O/c1-5-30(28(2)3)27-25-23-21-19-17-15-13-11-9-7-6-8-10-12-14-16-18-20-22-24-26-29(4)31/h28,30H,5-27H2,1-4H3. The molecule has 0 radical (unpaired) electrons. The fraction of sp³-hybridized carbons (Fsp3) is 0.967. The van der Waals surface area contributed by atoms with E-state index in [0.29, 0.717) is 5.78 Å². The summed E-state index contributed by atoms with van der Waals surface area (Å²) in [5.74, 6) is 2.18. The molecule has 0 spiro atoms. The summed E-state index contributed by atoms with van der Waals surface area (Å²) in [5, 5.41) is 0.